The first kappa shape index (κ1) is 20.7. The van der Waals surface area contributed by atoms with Crippen molar-refractivity contribution in [3.63, 3.8) is 0 Å². The first-order valence-electron chi connectivity index (χ1n) is 7.31. The van der Waals surface area contributed by atoms with Crippen LogP contribution in [0.25, 0.3) is 0 Å². The van der Waals surface area contributed by atoms with Crippen molar-refractivity contribution >= 4 is 11.9 Å². The van der Waals surface area contributed by atoms with E-state index in [9.17, 15) is 39.6 Å². The second-order valence-electron chi connectivity index (χ2n) is 5.75. The van der Waals surface area contributed by atoms with Crippen LogP contribution in [-0.2, 0) is 19.9 Å². The van der Waals surface area contributed by atoms with Crippen LogP contribution < -0.4 is 11.2 Å². The van der Waals surface area contributed by atoms with Gasteiger partial charge >= 0.3 is 17.6 Å². The van der Waals surface area contributed by atoms with Crippen LogP contribution in [0.4, 0.5) is 0 Å². The number of ether oxygens (including phenoxy) is 1. The first-order chi connectivity index (χ1) is 12.5. The molecule has 2 unspecified atom stereocenters. The molecule has 2 rings (SSSR count). The fourth-order valence-corrected chi connectivity index (χ4v) is 2.61. The number of carbonyl (C=O) groups is 2. The largest absolute Gasteiger partial charge is 0.479 e. The molecule has 0 amide bonds. The number of H-pyrrole nitrogens is 1. The van der Waals surface area contributed by atoms with Crippen molar-refractivity contribution in [3.05, 3.63) is 32.6 Å². The van der Waals surface area contributed by atoms with Gasteiger partial charge in [-0.2, -0.15) is 0 Å². The van der Waals surface area contributed by atoms with Gasteiger partial charge in [-0.15, -0.1) is 0 Å². The molecule has 1 aromatic heterocycles. The van der Waals surface area contributed by atoms with E-state index in [0.29, 0.717) is 10.8 Å². The standard InChI is InChI=1S/C13H16N2O12/c16-2-4-5(17)6(18)9(27-4)15-1-3(8(20)14-12(15)25)13(26,11(23)24)7(19)10(21)22/h1,4-7,9,16-19,26H,2H2,(H,21,22)(H,23,24)(H,14,20,25)/t4-,5-,6-,7?,9-,13?/m1/s1. The molecule has 0 saturated carbocycles. The highest BCUT2D eigenvalue weighted by atomic mass is 16.6. The van der Waals surface area contributed by atoms with Gasteiger partial charge in [0.1, 0.15) is 18.3 Å². The minimum Gasteiger partial charge on any atom is -0.479 e. The van der Waals surface area contributed by atoms with Crippen LogP contribution in [0.3, 0.4) is 0 Å². The highest BCUT2D eigenvalue weighted by Gasteiger charge is 2.52. The monoisotopic (exact) mass is 392 g/mol. The van der Waals surface area contributed by atoms with E-state index in [0.717, 1.165) is 0 Å². The van der Waals surface area contributed by atoms with Crippen LogP contribution >= 0.6 is 0 Å². The normalized spacial score (nSPS) is 28.5. The average molecular weight is 392 g/mol. The molecule has 1 aliphatic heterocycles. The Morgan fingerprint density at radius 3 is 2.30 bits per heavy atom. The number of nitrogens with zero attached hydrogens (tertiary/aromatic N) is 1. The third kappa shape index (κ3) is 3.25. The molecule has 1 aliphatic rings. The number of hydrogen-bond donors (Lipinski definition) is 8. The summed E-state index contributed by atoms with van der Waals surface area (Å²) in [6.07, 6.45) is -9.11. The molecule has 14 heteroatoms. The first-order valence-corrected chi connectivity index (χ1v) is 7.31. The number of aliphatic hydroxyl groups excluding tert-OH is 4. The lowest BCUT2D eigenvalue weighted by Crippen LogP contribution is -2.54. The maximum atomic E-state index is 12.0. The number of aromatic nitrogens is 2. The van der Waals surface area contributed by atoms with E-state index in [1.807, 2.05) is 0 Å². The summed E-state index contributed by atoms with van der Waals surface area (Å²) in [7, 11) is 0. The summed E-state index contributed by atoms with van der Waals surface area (Å²) in [6.45, 7) is -0.753. The molecule has 14 nitrogen and oxygen atoms in total. The fourth-order valence-electron chi connectivity index (χ4n) is 2.61. The van der Waals surface area contributed by atoms with Gasteiger partial charge in [0, 0.05) is 6.20 Å². The van der Waals surface area contributed by atoms with Gasteiger partial charge in [-0.25, -0.2) is 14.4 Å². The van der Waals surface area contributed by atoms with E-state index in [1.54, 1.807) is 4.98 Å². The van der Waals surface area contributed by atoms with Crippen LogP contribution in [0.15, 0.2) is 15.8 Å². The van der Waals surface area contributed by atoms with Crippen LogP contribution in [0.1, 0.15) is 11.8 Å². The van der Waals surface area contributed by atoms with Gasteiger partial charge in [0.05, 0.1) is 12.2 Å². The lowest BCUT2D eigenvalue weighted by Gasteiger charge is -2.27. The Kier molecular flexibility index (Phi) is 5.50. The van der Waals surface area contributed by atoms with Crippen LogP contribution in [0.2, 0.25) is 0 Å². The number of aromatic amines is 1. The molecule has 0 bridgehead atoms. The predicted octanol–water partition coefficient (Wildman–Crippen LogP) is -5.13. The summed E-state index contributed by atoms with van der Waals surface area (Å²) in [4.78, 5) is 47.9. The van der Waals surface area contributed by atoms with Crippen molar-refractivity contribution in [1.82, 2.24) is 9.55 Å². The topological polar surface area (TPSA) is 240 Å². The zero-order valence-electron chi connectivity index (χ0n) is 13.3. The molecular weight excluding hydrogens is 376 g/mol. The van der Waals surface area contributed by atoms with Crippen molar-refractivity contribution in [3.8, 4) is 0 Å². The zero-order chi connectivity index (χ0) is 20.7. The lowest BCUT2D eigenvalue weighted by atomic mass is 9.89. The summed E-state index contributed by atoms with van der Waals surface area (Å²) in [5, 5.41) is 66.5. The minimum absolute atomic E-state index is 0.377. The Bertz CT molecular complexity index is 862. The number of hydrogen-bond acceptors (Lipinski definition) is 10. The zero-order valence-corrected chi connectivity index (χ0v) is 13.3. The van der Waals surface area contributed by atoms with E-state index in [2.05, 4.69) is 0 Å². The number of aliphatic hydroxyl groups is 5. The third-order valence-electron chi connectivity index (χ3n) is 4.13. The molecule has 0 aliphatic carbocycles. The van der Waals surface area contributed by atoms with E-state index in [-0.39, 0.29) is 0 Å². The summed E-state index contributed by atoms with van der Waals surface area (Å²) in [6, 6.07) is 0. The molecule has 150 valence electrons. The summed E-state index contributed by atoms with van der Waals surface area (Å²) in [5.41, 5.74) is -7.69. The van der Waals surface area contributed by atoms with Crippen LogP contribution in [0, 0.1) is 0 Å². The van der Waals surface area contributed by atoms with Gasteiger partial charge in [-0.1, -0.05) is 0 Å². The number of carboxylic acid groups (broad SMARTS) is 2. The summed E-state index contributed by atoms with van der Waals surface area (Å²) in [5.74, 6) is -4.49. The minimum atomic E-state index is -3.66. The van der Waals surface area contributed by atoms with Gasteiger partial charge < -0.3 is 40.5 Å². The molecule has 27 heavy (non-hydrogen) atoms. The smallest absolute Gasteiger partial charge is 0.344 e. The molecule has 0 spiro atoms. The van der Waals surface area contributed by atoms with E-state index in [1.165, 1.54) is 0 Å². The van der Waals surface area contributed by atoms with E-state index in [4.69, 9.17) is 20.1 Å². The Morgan fingerprint density at radius 1 is 1.26 bits per heavy atom. The molecule has 6 atom stereocenters. The maximum Gasteiger partial charge on any atom is 0.344 e. The summed E-state index contributed by atoms with van der Waals surface area (Å²) >= 11 is 0. The Morgan fingerprint density at radius 2 is 1.85 bits per heavy atom. The second-order valence-corrected chi connectivity index (χ2v) is 5.75. The second kappa shape index (κ2) is 7.18. The quantitative estimate of drug-likeness (QED) is 0.227. The SMILES string of the molecule is O=C(O)C(O)C(O)(C(=O)O)c1cn([C@@H]2O[C@H](CO)[C@@H](O)[C@H]2O)c(=O)[nH]c1=O. The summed E-state index contributed by atoms with van der Waals surface area (Å²) < 4.78 is 5.44. The van der Waals surface area contributed by atoms with Crippen molar-refractivity contribution in [2.75, 3.05) is 6.61 Å². The van der Waals surface area contributed by atoms with Gasteiger partial charge in [0.25, 0.3) is 5.56 Å². The van der Waals surface area contributed by atoms with Crippen molar-refractivity contribution in [2.45, 2.75) is 36.2 Å². The van der Waals surface area contributed by atoms with Gasteiger partial charge in [0.2, 0.25) is 5.60 Å². The maximum absolute atomic E-state index is 12.0. The number of carboxylic acids is 2. The van der Waals surface area contributed by atoms with Gasteiger partial charge in [-0.05, 0) is 0 Å². The lowest BCUT2D eigenvalue weighted by molar-refractivity contribution is -0.185. The molecule has 1 fully saturated rings. The molecule has 8 N–H and O–H groups in total. The van der Waals surface area contributed by atoms with Gasteiger partial charge in [0.15, 0.2) is 12.3 Å². The molecule has 1 saturated heterocycles. The van der Waals surface area contributed by atoms with Gasteiger partial charge in [-0.3, -0.25) is 14.3 Å². The fraction of sp³-hybridized carbons (Fsp3) is 0.538. The van der Waals surface area contributed by atoms with E-state index < -0.39 is 71.6 Å². The Hall–Kier alpha value is -2.62. The highest BCUT2D eigenvalue weighted by Crippen LogP contribution is 2.29. The highest BCUT2D eigenvalue weighted by molar-refractivity contribution is 5.88. The average Bonchev–Trinajstić information content (AvgIpc) is 2.88. The van der Waals surface area contributed by atoms with Crippen molar-refractivity contribution in [1.29, 1.82) is 0 Å². The third-order valence-corrected chi connectivity index (χ3v) is 4.13. The van der Waals surface area contributed by atoms with Crippen molar-refractivity contribution in [2.24, 2.45) is 0 Å². The molecule has 2 heterocycles. The van der Waals surface area contributed by atoms with Crippen molar-refractivity contribution < 1.29 is 50.1 Å². The predicted molar refractivity (Wildman–Crippen MR) is 79.5 cm³/mol. The number of rotatable bonds is 6. The molecule has 1 aromatic rings. The van der Waals surface area contributed by atoms with Crippen LogP contribution in [0.5, 0.6) is 0 Å². The number of nitrogens with one attached hydrogen (secondary N) is 1. The Labute approximate surface area is 148 Å². The molecule has 0 aromatic carbocycles. The van der Waals surface area contributed by atoms with E-state index >= 15 is 0 Å². The molecule has 0 radical (unpaired) electrons. The number of aliphatic carboxylic acids is 2. The molecular formula is C13H16N2O12. The Balaban J connectivity index is 2.66. The van der Waals surface area contributed by atoms with Crippen LogP contribution in [-0.4, -0.2) is 88.3 Å².